The van der Waals surface area contributed by atoms with E-state index in [1.54, 1.807) is 22.5 Å². The highest BCUT2D eigenvalue weighted by Crippen LogP contribution is 2.25. The van der Waals surface area contributed by atoms with Crippen molar-refractivity contribution in [3.05, 3.63) is 54.1 Å². The number of nitrogens with zero attached hydrogens (tertiary/aromatic N) is 1. The molecule has 0 atom stereocenters. The zero-order valence-electron chi connectivity index (χ0n) is 15.4. The minimum Gasteiger partial charge on any atom is -0.376 e. The van der Waals surface area contributed by atoms with Crippen molar-refractivity contribution >= 4 is 27.3 Å². The lowest BCUT2D eigenvalue weighted by atomic mass is 10.2. The van der Waals surface area contributed by atoms with Crippen molar-refractivity contribution in [2.45, 2.75) is 31.1 Å². The predicted octanol–water partition coefficient (Wildman–Crippen LogP) is 3.22. The van der Waals surface area contributed by atoms with Gasteiger partial charge in [0.15, 0.2) is 0 Å². The van der Waals surface area contributed by atoms with Crippen LogP contribution in [-0.4, -0.2) is 38.3 Å². The molecule has 2 aromatic carbocycles. The van der Waals surface area contributed by atoms with Crippen molar-refractivity contribution in [2.75, 3.05) is 30.3 Å². The van der Waals surface area contributed by atoms with Crippen molar-refractivity contribution in [1.82, 2.24) is 4.31 Å². The number of para-hydroxylation sites is 1. The Morgan fingerprint density at radius 1 is 1.04 bits per heavy atom. The molecule has 0 unspecified atom stereocenters. The lowest BCUT2D eigenvalue weighted by Gasteiger charge is -2.26. The van der Waals surface area contributed by atoms with E-state index in [0.29, 0.717) is 18.8 Å². The lowest BCUT2D eigenvalue weighted by molar-refractivity contribution is -0.114. The van der Waals surface area contributed by atoms with Crippen LogP contribution in [0.25, 0.3) is 0 Å². The number of rotatable bonds is 6. The van der Waals surface area contributed by atoms with Crippen LogP contribution < -0.4 is 10.6 Å². The molecule has 27 heavy (non-hydrogen) atoms. The highest BCUT2D eigenvalue weighted by Gasteiger charge is 2.26. The van der Waals surface area contributed by atoms with Crippen LogP contribution in [-0.2, 0) is 14.8 Å². The van der Waals surface area contributed by atoms with Gasteiger partial charge in [-0.15, -0.1) is 0 Å². The Kier molecular flexibility index (Phi) is 6.13. The average Bonchev–Trinajstić information content (AvgIpc) is 2.68. The van der Waals surface area contributed by atoms with Gasteiger partial charge in [0.2, 0.25) is 15.9 Å². The molecule has 2 N–H and O–H groups in total. The van der Waals surface area contributed by atoms with Crippen LogP contribution in [0.2, 0.25) is 0 Å². The maximum Gasteiger partial charge on any atom is 0.243 e. The molecule has 0 aliphatic carbocycles. The maximum atomic E-state index is 12.8. The van der Waals surface area contributed by atoms with E-state index < -0.39 is 10.0 Å². The van der Waals surface area contributed by atoms with E-state index in [9.17, 15) is 13.2 Å². The summed E-state index contributed by atoms with van der Waals surface area (Å²) in [6, 6.07) is 14.2. The summed E-state index contributed by atoms with van der Waals surface area (Å²) in [5.41, 5.74) is 2.26. The van der Waals surface area contributed by atoms with Crippen molar-refractivity contribution < 1.29 is 13.2 Å². The van der Waals surface area contributed by atoms with Gasteiger partial charge in [-0.25, -0.2) is 8.42 Å². The van der Waals surface area contributed by atoms with E-state index in [0.717, 1.165) is 30.5 Å². The number of hydrogen-bond donors (Lipinski definition) is 2. The highest BCUT2D eigenvalue weighted by molar-refractivity contribution is 7.89. The van der Waals surface area contributed by atoms with Crippen molar-refractivity contribution in [3.8, 4) is 0 Å². The smallest absolute Gasteiger partial charge is 0.243 e. The third-order valence-electron chi connectivity index (χ3n) is 4.66. The molecule has 0 saturated carbocycles. The maximum absolute atomic E-state index is 12.8. The topological polar surface area (TPSA) is 78.5 Å². The summed E-state index contributed by atoms with van der Waals surface area (Å²) in [6.07, 6.45) is 2.87. The van der Waals surface area contributed by atoms with Gasteiger partial charge in [-0.05, 0) is 49.6 Å². The molecule has 144 valence electrons. The van der Waals surface area contributed by atoms with Crippen LogP contribution in [0.3, 0.4) is 0 Å². The largest absolute Gasteiger partial charge is 0.376 e. The number of sulfonamides is 1. The number of carbonyl (C=O) groups is 1. The van der Waals surface area contributed by atoms with Crippen LogP contribution in [0.5, 0.6) is 0 Å². The van der Waals surface area contributed by atoms with Gasteiger partial charge < -0.3 is 10.6 Å². The van der Waals surface area contributed by atoms with Crippen LogP contribution in [0.4, 0.5) is 11.4 Å². The normalized spacial score (nSPS) is 15.3. The minimum atomic E-state index is -3.50. The van der Waals surface area contributed by atoms with Crippen molar-refractivity contribution in [2.24, 2.45) is 0 Å². The molecular weight excluding hydrogens is 362 g/mol. The van der Waals surface area contributed by atoms with E-state index in [-0.39, 0.29) is 17.3 Å². The third-order valence-corrected chi connectivity index (χ3v) is 6.55. The Hall–Kier alpha value is -2.38. The molecule has 1 aliphatic rings. The molecule has 0 aromatic heterocycles. The molecule has 1 amide bonds. The summed E-state index contributed by atoms with van der Waals surface area (Å²) in [5, 5.41) is 5.85. The second kappa shape index (κ2) is 8.54. The van der Waals surface area contributed by atoms with Gasteiger partial charge in [-0.3, -0.25) is 4.79 Å². The fourth-order valence-electron chi connectivity index (χ4n) is 3.11. The van der Waals surface area contributed by atoms with Crippen LogP contribution in [0.1, 0.15) is 24.8 Å². The van der Waals surface area contributed by atoms with Crippen LogP contribution in [0.15, 0.2) is 53.4 Å². The van der Waals surface area contributed by atoms with Crippen molar-refractivity contribution in [3.63, 3.8) is 0 Å². The second-order valence-electron chi connectivity index (χ2n) is 6.71. The number of aryl methyl sites for hydroxylation is 1. The third kappa shape index (κ3) is 4.87. The minimum absolute atomic E-state index is 0.0585. The predicted molar refractivity (Wildman–Crippen MR) is 107 cm³/mol. The zero-order chi connectivity index (χ0) is 19.3. The second-order valence-corrected chi connectivity index (χ2v) is 8.65. The van der Waals surface area contributed by atoms with Gasteiger partial charge in [0.25, 0.3) is 0 Å². The van der Waals surface area contributed by atoms with E-state index in [1.807, 2.05) is 37.3 Å². The highest BCUT2D eigenvalue weighted by atomic mass is 32.2. The monoisotopic (exact) mass is 387 g/mol. The molecule has 0 spiro atoms. The quantitative estimate of drug-likeness (QED) is 0.798. The summed E-state index contributed by atoms with van der Waals surface area (Å²) in [5.74, 6) is -0.190. The van der Waals surface area contributed by atoms with Gasteiger partial charge >= 0.3 is 0 Å². The summed E-state index contributed by atoms with van der Waals surface area (Å²) in [7, 11) is -3.50. The molecule has 0 radical (unpaired) electrons. The van der Waals surface area contributed by atoms with Crippen molar-refractivity contribution in [1.29, 1.82) is 0 Å². The number of hydrogen-bond acceptors (Lipinski definition) is 4. The van der Waals surface area contributed by atoms with E-state index >= 15 is 0 Å². The first-order valence-corrected chi connectivity index (χ1v) is 10.6. The molecule has 3 rings (SSSR count). The standard InChI is InChI=1S/C20H25N3O3S/c1-16-10-11-18(27(25,26)23-12-6-3-7-13-23)14-19(16)21-15-20(24)22-17-8-4-2-5-9-17/h2,4-5,8-11,14,21H,3,6-7,12-13,15H2,1H3,(H,22,24). The van der Waals surface area contributed by atoms with Gasteiger partial charge in [-0.2, -0.15) is 4.31 Å². The molecule has 1 saturated heterocycles. The fourth-order valence-corrected chi connectivity index (χ4v) is 4.65. The van der Waals surface area contributed by atoms with E-state index in [4.69, 9.17) is 0 Å². The number of carbonyl (C=O) groups excluding carboxylic acids is 1. The summed E-state index contributed by atoms with van der Waals surface area (Å²) in [6.45, 7) is 3.08. The van der Waals surface area contributed by atoms with E-state index in [2.05, 4.69) is 10.6 Å². The summed E-state index contributed by atoms with van der Waals surface area (Å²) in [4.78, 5) is 12.4. The van der Waals surface area contributed by atoms with Gasteiger partial charge in [0, 0.05) is 24.5 Å². The SMILES string of the molecule is Cc1ccc(S(=O)(=O)N2CCCCC2)cc1NCC(=O)Nc1ccccc1. The number of nitrogens with one attached hydrogen (secondary N) is 2. The van der Waals surface area contributed by atoms with E-state index in [1.165, 1.54) is 0 Å². The number of piperidine rings is 1. The first-order valence-electron chi connectivity index (χ1n) is 9.16. The van der Waals surface area contributed by atoms with Crippen LogP contribution >= 0.6 is 0 Å². The molecule has 1 aliphatic heterocycles. The Labute approximate surface area is 160 Å². The first kappa shape index (κ1) is 19.4. The first-order chi connectivity index (χ1) is 13.0. The molecule has 6 nitrogen and oxygen atoms in total. The Balaban J connectivity index is 1.69. The fraction of sp³-hybridized carbons (Fsp3) is 0.350. The molecule has 7 heteroatoms. The Morgan fingerprint density at radius 3 is 2.44 bits per heavy atom. The number of anilines is 2. The zero-order valence-corrected chi connectivity index (χ0v) is 16.3. The van der Waals surface area contributed by atoms with Crippen LogP contribution in [0, 0.1) is 6.92 Å². The van der Waals surface area contributed by atoms with Gasteiger partial charge in [-0.1, -0.05) is 30.7 Å². The summed E-state index contributed by atoms with van der Waals surface area (Å²) < 4.78 is 27.2. The number of amides is 1. The summed E-state index contributed by atoms with van der Waals surface area (Å²) >= 11 is 0. The molecule has 0 bridgehead atoms. The Morgan fingerprint density at radius 2 is 1.74 bits per heavy atom. The molecule has 1 heterocycles. The van der Waals surface area contributed by atoms with Gasteiger partial charge in [0.05, 0.1) is 11.4 Å². The molecule has 2 aromatic rings. The average molecular weight is 388 g/mol. The lowest BCUT2D eigenvalue weighted by Crippen LogP contribution is -2.35. The van der Waals surface area contributed by atoms with Gasteiger partial charge in [0.1, 0.15) is 0 Å². The molecule has 1 fully saturated rings. The number of benzene rings is 2. The molecular formula is C20H25N3O3S. The Bertz CT molecular complexity index is 892.